The number of rotatable bonds is 5. The average Bonchev–Trinajstić information content (AvgIpc) is 2.83. The van der Waals surface area contributed by atoms with Gasteiger partial charge in [-0.15, -0.1) is 0 Å². The number of aryl methyl sites for hydroxylation is 1. The van der Waals surface area contributed by atoms with Gasteiger partial charge in [-0.25, -0.2) is 0 Å². The standard InChI is InChI=1S/C25H21F3N4O/c1-3-16-10-9-15(13-30-16)18-11-19-22(12-21(18)25(26,27)28)31-14-20(24(33)29-2)23(19)32-17-7-5-4-6-8-17/h4-14H,3H2,1-2H3,(H,29,33)(H,31,32). The Hall–Kier alpha value is -3.94. The normalized spacial score (nSPS) is 11.4. The van der Waals surface area contributed by atoms with E-state index in [1.54, 1.807) is 24.3 Å². The van der Waals surface area contributed by atoms with Crippen molar-refractivity contribution in [1.82, 2.24) is 15.3 Å². The van der Waals surface area contributed by atoms with Crippen molar-refractivity contribution in [3.8, 4) is 11.1 Å². The highest BCUT2D eigenvalue weighted by molar-refractivity contribution is 6.09. The number of fused-ring (bicyclic) bond motifs is 1. The summed E-state index contributed by atoms with van der Waals surface area (Å²) in [5, 5.41) is 6.14. The number of anilines is 2. The van der Waals surface area contributed by atoms with E-state index in [9.17, 15) is 18.0 Å². The number of carbonyl (C=O) groups excluding carboxylic acids is 1. The molecule has 33 heavy (non-hydrogen) atoms. The lowest BCUT2D eigenvalue weighted by Gasteiger charge is -2.18. The largest absolute Gasteiger partial charge is 0.417 e. The van der Waals surface area contributed by atoms with E-state index in [2.05, 4.69) is 20.6 Å². The van der Waals surface area contributed by atoms with E-state index < -0.39 is 17.6 Å². The number of hydrogen-bond donors (Lipinski definition) is 2. The summed E-state index contributed by atoms with van der Waals surface area (Å²) >= 11 is 0. The van der Waals surface area contributed by atoms with Crippen LogP contribution in [0.1, 0.15) is 28.5 Å². The third-order valence-corrected chi connectivity index (χ3v) is 5.33. The summed E-state index contributed by atoms with van der Waals surface area (Å²) in [4.78, 5) is 21.0. The molecule has 0 saturated heterocycles. The molecule has 0 fully saturated rings. The lowest BCUT2D eigenvalue weighted by Crippen LogP contribution is -2.19. The van der Waals surface area contributed by atoms with Crippen LogP contribution in [-0.4, -0.2) is 22.9 Å². The van der Waals surface area contributed by atoms with Gasteiger partial charge in [-0.2, -0.15) is 13.2 Å². The molecular weight excluding hydrogens is 429 g/mol. The second kappa shape index (κ2) is 8.90. The predicted octanol–water partition coefficient (Wildman–Crippen LogP) is 5.98. The van der Waals surface area contributed by atoms with Gasteiger partial charge in [0.05, 0.1) is 22.3 Å². The third kappa shape index (κ3) is 4.50. The van der Waals surface area contributed by atoms with Crippen LogP contribution < -0.4 is 10.6 Å². The minimum absolute atomic E-state index is 0.0304. The van der Waals surface area contributed by atoms with Gasteiger partial charge < -0.3 is 10.6 Å². The van der Waals surface area contributed by atoms with Crippen LogP contribution in [0.2, 0.25) is 0 Å². The summed E-state index contributed by atoms with van der Waals surface area (Å²) in [6, 6.07) is 14.9. The van der Waals surface area contributed by atoms with Crippen molar-refractivity contribution < 1.29 is 18.0 Å². The molecule has 2 N–H and O–H groups in total. The second-order valence-corrected chi connectivity index (χ2v) is 7.42. The minimum Gasteiger partial charge on any atom is -0.355 e. The quantitative estimate of drug-likeness (QED) is 0.393. The Bertz CT molecular complexity index is 1300. The van der Waals surface area contributed by atoms with Crippen LogP contribution in [0, 0.1) is 0 Å². The van der Waals surface area contributed by atoms with E-state index in [0.29, 0.717) is 28.7 Å². The number of benzene rings is 2. The van der Waals surface area contributed by atoms with Crippen LogP contribution in [0.3, 0.4) is 0 Å². The number of pyridine rings is 2. The molecular formula is C25H21F3N4O. The first-order valence-electron chi connectivity index (χ1n) is 10.3. The maximum absolute atomic E-state index is 14.0. The number of amides is 1. The highest BCUT2D eigenvalue weighted by Crippen LogP contribution is 2.41. The molecule has 168 valence electrons. The maximum atomic E-state index is 14.0. The topological polar surface area (TPSA) is 66.9 Å². The van der Waals surface area contributed by atoms with E-state index in [1.807, 2.05) is 25.1 Å². The molecule has 5 nitrogen and oxygen atoms in total. The SMILES string of the molecule is CCc1ccc(-c2cc3c(Nc4ccccc4)c(C(=O)NC)cnc3cc2C(F)(F)F)cn1. The molecule has 0 saturated carbocycles. The van der Waals surface area contributed by atoms with Crippen molar-refractivity contribution in [2.45, 2.75) is 19.5 Å². The second-order valence-electron chi connectivity index (χ2n) is 7.42. The van der Waals surface area contributed by atoms with Crippen LogP contribution in [0.5, 0.6) is 0 Å². The lowest BCUT2D eigenvalue weighted by molar-refractivity contribution is -0.137. The fourth-order valence-electron chi connectivity index (χ4n) is 3.61. The van der Waals surface area contributed by atoms with Crippen LogP contribution in [0.25, 0.3) is 22.0 Å². The van der Waals surface area contributed by atoms with Gasteiger partial charge in [-0.05, 0) is 42.3 Å². The van der Waals surface area contributed by atoms with Crippen molar-refractivity contribution >= 4 is 28.2 Å². The Morgan fingerprint density at radius 1 is 1.00 bits per heavy atom. The van der Waals surface area contributed by atoms with Gasteiger partial charge in [-0.1, -0.05) is 31.2 Å². The minimum atomic E-state index is -4.60. The van der Waals surface area contributed by atoms with Gasteiger partial charge in [0.15, 0.2) is 0 Å². The van der Waals surface area contributed by atoms with Crippen molar-refractivity contribution in [3.63, 3.8) is 0 Å². The first kappa shape index (κ1) is 22.3. The summed E-state index contributed by atoms with van der Waals surface area (Å²) in [7, 11) is 1.48. The number of alkyl halides is 3. The number of para-hydroxylation sites is 1. The number of hydrogen-bond acceptors (Lipinski definition) is 4. The Labute approximate surface area is 188 Å². The van der Waals surface area contributed by atoms with Crippen LogP contribution in [-0.2, 0) is 12.6 Å². The Balaban J connectivity index is 2.01. The first-order chi connectivity index (χ1) is 15.8. The molecule has 1 amide bonds. The monoisotopic (exact) mass is 450 g/mol. The van der Waals surface area contributed by atoms with E-state index in [1.165, 1.54) is 25.5 Å². The van der Waals surface area contributed by atoms with Crippen molar-refractivity contribution in [3.05, 3.63) is 83.8 Å². The fourth-order valence-corrected chi connectivity index (χ4v) is 3.61. The number of halogens is 3. The molecule has 4 aromatic rings. The molecule has 4 rings (SSSR count). The molecule has 0 spiro atoms. The number of nitrogens with zero attached hydrogens (tertiary/aromatic N) is 2. The molecule has 0 aliphatic heterocycles. The molecule has 8 heteroatoms. The fraction of sp³-hybridized carbons (Fsp3) is 0.160. The summed E-state index contributed by atoms with van der Waals surface area (Å²) in [5.41, 5.74) is 1.67. The summed E-state index contributed by atoms with van der Waals surface area (Å²) in [6.07, 6.45) is -1.20. The zero-order valence-corrected chi connectivity index (χ0v) is 18.0. The van der Waals surface area contributed by atoms with Crippen LogP contribution in [0.4, 0.5) is 24.5 Å². The Morgan fingerprint density at radius 2 is 1.76 bits per heavy atom. The highest BCUT2D eigenvalue weighted by Gasteiger charge is 2.35. The van der Waals surface area contributed by atoms with E-state index >= 15 is 0 Å². The molecule has 0 radical (unpaired) electrons. The maximum Gasteiger partial charge on any atom is 0.417 e. The summed E-state index contributed by atoms with van der Waals surface area (Å²) < 4.78 is 42.0. The molecule has 0 aliphatic rings. The first-order valence-corrected chi connectivity index (χ1v) is 10.3. The van der Waals surface area contributed by atoms with Gasteiger partial charge in [0, 0.05) is 41.8 Å². The molecule has 2 aromatic carbocycles. The summed E-state index contributed by atoms with van der Waals surface area (Å²) in [5.74, 6) is -0.404. The van der Waals surface area contributed by atoms with Gasteiger partial charge in [0.1, 0.15) is 0 Å². The third-order valence-electron chi connectivity index (χ3n) is 5.33. The van der Waals surface area contributed by atoms with Gasteiger partial charge >= 0.3 is 6.18 Å². The number of carbonyl (C=O) groups is 1. The van der Waals surface area contributed by atoms with Crippen LogP contribution >= 0.6 is 0 Å². The lowest BCUT2D eigenvalue weighted by atomic mass is 9.96. The predicted molar refractivity (Wildman–Crippen MR) is 122 cm³/mol. The van der Waals surface area contributed by atoms with E-state index in [4.69, 9.17) is 0 Å². The Kier molecular flexibility index (Phi) is 6.00. The highest BCUT2D eigenvalue weighted by atomic mass is 19.4. The van der Waals surface area contributed by atoms with Gasteiger partial charge in [-0.3, -0.25) is 14.8 Å². The molecule has 2 aromatic heterocycles. The molecule has 2 heterocycles. The number of aromatic nitrogens is 2. The molecule has 0 aliphatic carbocycles. The number of nitrogens with one attached hydrogen (secondary N) is 2. The zero-order chi connectivity index (χ0) is 23.6. The van der Waals surface area contributed by atoms with Crippen molar-refractivity contribution in [1.29, 1.82) is 0 Å². The van der Waals surface area contributed by atoms with Crippen LogP contribution in [0.15, 0.2) is 67.0 Å². The molecule has 0 bridgehead atoms. The summed E-state index contributed by atoms with van der Waals surface area (Å²) in [6.45, 7) is 1.92. The van der Waals surface area contributed by atoms with Crippen molar-refractivity contribution in [2.24, 2.45) is 0 Å². The van der Waals surface area contributed by atoms with E-state index in [-0.39, 0.29) is 16.6 Å². The van der Waals surface area contributed by atoms with Gasteiger partial charge in [0.2, 0.25) is 0 Å². The average molecular weight is 450 g/mol. The smallest absolute Gasteiger partial charge is 0.355 e. The Morgan fingerprint density at radius 3 is 2.36 bits per heavy atom. The van der Waals surface area contributed by atoms with Crippen molar-refractivity contribution in [2.75, 3.05) is 12.4 Å². The van der Waals surface area contributed by atoms with E-state index in [0.717, 1.165) is 11.8 Å². The molecule has 0 atom stereocenters. The molecule has 0 unspecified atom stereocenters. The van der Waals surface area contributed by atoms with Gasteiger partial charge in [0.25, 0.3) is 5.91 Å². The zero-order valence-electron chi connectivity index (χ0n) is 18.0.